The van der Waals surface area contributed by atoms with E-state index in [1.165, 1.54) is 6.07 Å². The second-order valence-corrected chi connectivity index (χ2v) is 6.87. The zero-order chi connectivity index (χ0) is 16.2. The molecule has 21 heavy (non-hydrogen) atoms. The smallest absolute Gasteiger partial charge is 0.276 e. The molecule has 0 spiro atoms. The molecule has 0 amide bonds. The Labute approximate surface area is 131 Å². The fraction of sp³-hybridized carbons (Fsp3) is 0.500. The van der Waals surface area contributed by atoms with Gasteiger partial charge in [0.15, 0.2) is 0 Å². The van der Waals surface area contributed by atoms with Crippen molar-refractivity contribution in [2.45, 2.75) is 40.2 Å². The zero-order valence-corrected chi connectivity index (χ0v) is 14.0. The Bertz CT molecular complexity index is 546. The third-order valence-electron chi connectivity index (χ3n) is 3.09. The van der Waals surface area contributed by atoms with Crippen molar-refractivity contribution in [1.82, 2.24) is 5.32 Å². The maximum atomic E-state index is 11.1. The minimum atomic E-state index is -0.378. The van der Waals surface area contributed by atoms with Gasteiger partial charge in [0.1, 0.15) is 0 Å². The van der Waals surface area contributed by atoms with Gasteiger partial charge in [-0.05, 0) is 44.9 Å². The minimum absolute atomic E-state index is 0.00571. The van der Waals surface area contributed by atoms with Crippen LogP contribution >= 0.6 is 11.6 Å². The third-order valence-corrected chi connectivity index (χ3v) is 3.33. The van der Waals surface area contributed by atoms with E-state index in [1.807, 2.05) is 6.08 Å². The fourth-order valence-electron chi connectivity index (χ4n) is 1.80. The lowest BCUT2D eigenvalue weighted by Crippen LogP contribution is -2.37. The molecule has 0 saturated heterocycles. The predicted octanol–water partition coefficient (Wildman–Crippen LogP) is 4.68. The average molecular weight is 311 g/mol. The molecule has 0 heterocycles. The highest BCUT2D eigenvalue weighted by Crippen LogP contribution is 2.26. The van der Waals surface area contributed by atoms with Crippen molar-refractivity contribution in [3.8, 4) is 0 Å². The molecule has 0 unspecified atom stereocenters. The van der Waals surface area contributed by atoms with Crippen LogP contribution in [0, 0.1) is 16.0 Å². The van der Waals surface area contributed by atoms with E-state index in [0.29, 0.717) is 23.0 Å². The summed E-state index contributed by atoms with van der Waals surface area (Å²) in [6.07, 6.45) is 1.87. The van der Waals surface area contributed by atoms with Crippen LogP contribution in [0.15, 0.2) is 23.8 Å². The Balaban J connectivity index is 3.16. The molecule has 4 nitrogen and oxygen atoms in total. The number of benzene rings is 1. The summed E-state index contributed by atoms with van der Waals surface area (Å²) in [5.74, 6) is 0.290. The van der Waals surface area contributed by atoms with Crippen molar-refractivity contribution in [2.75, 3.05) is 6.54 Å². The first-order valence-electron chi connectivity index (χ1n) is 6.99. The molecule has 0 radical (unpaired) electrons. The fourth-order valence-corrected chi connectivity index (χ4v) is 1.98. The monoisotopic (exact) mass is 310 g/mol. The van der Waals surface area contributed by atoms with Crippen molar-refractivity contribution >= 4 is 23.4 Å². The third kappa shape index (κ3) is 5.86. The molecule has 1 rings (SSSR count). The lowest BCUT2D eigenvalue weighted by molar-refractivity contribution is -0.385. The van der Waals surface area contributed by atoms with Gasteiger partial charge < -0.3 is 5.32 Å². The maximum absolute atomic E-state index is 11.1. The van der Waals surface area contributed by atoms with E-state index in [1.54, 1.807) is 12.1 Å². The standard InChI is InChI=1S/C16H23ClN2O2/c1-11(2)13(10-18-16(3,4)5)8-12-9-14(17)6-7-15(12)19(20)21/h6-9,11,18H,10H2,1-5H3/b13-8+. The van der Waals surface area contributed by atoms with Crippen molar-refractivity contribution in [2.24, 2.45) is 5.92 Å². The molecule has 0 saturated carbocycles. The van der Waals surface area contributed by atoms with E-state index < -0.39 is 0 Å². The molecule has 1 aromatic carbocycles. The summed E-state index contributed by atoms with van der Waals surface area (Å²) in [5.41, 5.74) is 1.73. The van der Waals surface area contributed by atoms with E-state index in [-0.39, 0.29) is 16.1 Å². The van der Waals surface area contributed by atoms with Gasteiger partial charge >= 0.3 is 0 Å². The highest BCUT2D eigenvalue weighted by molar-refractivity contribution is 6.30. The molecule has 0 aromatic heterocycles. The van der Waals surface area contributed by atoms with Crippen LogP contribution in [-0.4, -0.2) is 17.0 Å². The molecule has 0 aliphatic heterocycles. The molecule has 0 atom stereocenters. The van der Waals surface area contributed by atoms with Crippen LogP contribution < -0.4 is 5.32 Å². The number of hydrogen-bond donors (Lipinski definition) is 1. The van der Waals surface area contributed by atoms with Gasteiger partial charge in [0.2, 0.25) is 0 Å². The second kappa shape index (κ2) is 7.05. The second-order valence-electron chi connectivity index (χ2n) is 6.44. The Morgan fingerprint density at radius 3 is 2.52 bits per heavy atom. The highest BCUT2D eigenvalue weighted by atomic mass is 35.5. The number of nitro benzene ring substituents is 1. The first-order chi connectivity index (χ1) is 9.60. The van der Waals surface area contributed by atoms with Crippen molar-refractivity contribution < 1.29 is 4.92 Å². The van der Waals surface area contributed by atoms with Crippen molar-refractivity contribution in [1.29, 1.82) is 0 Å². The van der Waals surface area contributed by atoms with Crippen LogP contribution in [0.25, 0.3) is 6.08 Å². The molecule has 1 N–H and O–H groups in total. The van der Waals surface area contributed by atoms with E-state index in [0.717, 1.165) is 5.57 Å². The molecule has 0 fully saturated rings. The van der Waals surface area contributed by atoms with Gasteiger partial charge in [-0.3, -0.25) is 10.1 Å². The van der Waals surface area contributed by atoms with Gasteiger partial charge in [0, 0.05) is 23.2 Å². The molecule has 5 heteroatoms. The average Bonchev–Trinajstić information content (AvgIpc) is 2.32. The summed E-state index contributed by atoms with van der Waals surface area (Å²) in [7, 11) is 0. The summed E-state index contributed by atoms with van der Waals surface area (Å²) in [4.78, 5) is 10.7. The van der Waals surface area contributed by atoms with Crippen LogP contribution in [0.3, 0.4) is 0 Å². The van der Waals surface area contributed by atoms with E-state index in [9.17, 15) is 10.1 Å². The summed E-state index contributed by atoms with van der Waals surface area (Å²) in [6.45, 7) is 11.1. The summed E-state index contributed by atoms with van der Waals surface area (Å²) < 4.78 is 0. The lowest BCUT2D eigenvalue weighted by Gasteiger charge is -2.23. The largest absolute Gasteiger partial charge is 0.308 e. The molecule has 1 aromatic rings. The quantitative estimate of drug-likeness (QED) is 0.635. The molecular formula is C16H23ClN2O2. The Hall–Kier alpha value is -1.39. The normalized spacial score (nSPS) is 12.8. The van der Waals surface area contributed by atoms with Crippen LogP contribution in [0.4, 0.5) is 5.69 Å². The molecule has 0 aliphatic carbocycles. The Morgan fingerprint density at radius 1 is 1.43 bits per heavy atom. The van der Waals surface area contributed by atoms with Crippen LogP contribution in [0.5, 0.6) is 0 Å². The molecule has 116 valence electrons. The Kier molecular flexibility index (Phi) is 5.93. The lowest BCUT2D eigenvalue weighted by atomic mass is 9.98. The molecular weight excluding hydrogens is 288 g/mol. The number of nitrogens with one attached hydrogen (secondary N) is 1. The van der Waals surface area contributed by atoms with Gasteiger partial charge in [-0.25, -0.2) is 0 Å². The molecule has 0 aliphatic rings. The van der Waals surface area contributed by atoms with E-state index in [4.69, 9.17) is 11.6 Å². The van der Waals surface area contributed by atoms with Crippen molar-refractivity contribution in [3.05, 3.63) is 44.5 Å². The summed E-state index contributed by atoms with van der Waals surface area (Å²) in [6, 6.07) is 4.63. The summed E-state index contributed by atoms with van der Waals surface area (Å²) in [5, 5.41) is 15.0. The van der Waals surface area contributed by atoms with Crippen LogP contribution in [0.2, 0.25) is 5.02 Å². The van der Waals surface area contributed by atoms with E-state index in [2.05, 4.69) is 39.9 Å². The first kappa shape index (κ1) is 17.7. The number of nitro groups is 1. The van der Waals surface area contributed by atoms with Gasteiger partial charge in [-0.15, -0.1) is 0 Å². The maximum Gasteiger partial charge on any atom is 0.276 e. The minimum Gasteiger partial charge on any atom is -0.308 e. The van der Waals surface area contributed by atoms with Gasteiger partial charge in [-0.2, -0.15) is 0 Å². The van der Waals surface area contributed by atoms with Crippen molar-refractivity contribution in [3.63, 3.8) is 0 Å². The van der Waals surface area contributed by atoms with Gasteiger partial charge in [0.05, 0.1) is 10.5 Å². The molecule has 0 bridgehead atoms. The number of rotatable bonds is 5. The van der Waals surface area contributed by atoms with Crippen LogP contribution in [-0.2, 0) is 0 Å². The highest BCUT2D eigenvalue weighted by Gasteiger charge is 2.15. The SMILES string of the molecule is CC(C)/C(=C/c1cc(Cl)ccc1[N+](=O)[O-])CNC(C)(C)C. The number of halogens is 1. The predicted molar refractivity (Wildman–Crippen MR) is 88.7 cm³/mol. The first-order valence-corrected chi connectivity index (χ1v) is 7.37. The summed E-state index contributed by atoms with van der Waals surface area (Å²) >= 11 is 5.97. The topological polar surface area (TPSA) is 55.2 Å². The number of nitrogens with zero attached hydrogens (tertiary/aromatic N) is 1. The zero-order valence-electron chi connectivity index (χ0n) is 13.2. The van der Waals surface area contributed by atoms with E-state index >= 15 is 0 Å². The van der Waals surface area contributed by atoms with Gasteiger partial charge in [0.25, 0.3) is 5.69 Å². The Morgan fingerprint density at radius 2 is 2.05 bits per heavy atom. The number of hydrogen-bond acceptors (Lipinski definition) is 3. The van der Waals surface area contributed by atoms with Gasteiger partial charge in [-0.1, -0.05) is 31.0 Å². The van der Waals surface area contributed by atoms with Crippen LogP contribution in [0.1, 0.15) is 40.2 Å².